The van der Waals surface area contributed by atoms with E-state index in [0.717, 1.165) is 30.5 Å². The lowest BCUT2D eigenvalue weighted by molar-refractivity contribution is 0.572. The molecule has 1 saturated carbocycles. The number of hydrogen-bond donors (Lipinski definition) is 2. The Morgan fingerprint density at radius 1 is 1.10 bits per heavy atom. The molecule has 0 heterocycles. The Bertz CT molecular complexity index is 828. The minimum atomic E-state index is -0.928. The van der Waals surface area contributed by atoms with E-state index in [0.29, 0.717) is 30.6 Å². The third kappa shape index (κ3) is 7.06. The Kier molecular flexibility index (Phi) is 9.55. The largest absolute Gasteiger partial charge is 0.357 e. The van der Waals surface area contributed by atoms with Crippen molar-refractivity contribution in [3.05, 3.63) is 71.5 Å². The maximum absolute atomic E-state index is 14.2. The van der Waals surface area contributed by atoms with E-state index < -0.39 is 10.8 Å². The lowest BCUT2D eigenvalue weighted by atomic mass is 9.95. The van der Waals surface area contributed by atoms with E-state index in [1.54, 1.807) is 6.07 Å². The summed E-state index contributed by atoms with van der Waals surface area (Å²) in [5.41, 5.74) is 1.67. The molecule has 0 aromatic heterocycles. The Morgan fingerprint density at radius 3 is 2.45 bits per heavy atom. The van der Waals surface area contributed by atoms with Crippen LogP contribution in [-0.2, 0) is 22.0 Å². The lowest BCUT2D eigenvalue weighted by Gasteiger charge is -2.16. The average molecular weight is 529 g/mol. The Hall–Kier alpha value is -1.48. The number of rotatable bonds is 9. The molecule has 0 aliphatic heterocycles. The molecule has 1 aliphatic carbocycles. The Morgan fingerprint density at radius 2 is 1.79 bits per heavy atom. The third-order valence-electron chi connectivity index (χ3n) is 4.98. The molecule has 0 spiro atoms. The number of aliphatic imine (C=N–C) groups is 1. The smallest absolute Gasteiger partial charge is 0.191 e. The molecule has 158 valence electrons. The number of nitrogens with one attached hydrogen (secondary N) is 2. The monoisotopic (exact) mass is 529 g/mol. The molecule has 1 fully saturated rings. The fraction of sp³-hybridized carbons (Fsp3) is 0.409. The van der Waals surface area contributed by atoms with Crippen molar-refractivity contribution >= 4 is 40.7 Å². The summed E-state index contributed by atoms with van der Waals surface area (Å²) in [7, 11) is -0.928. The molecule has 4 nitrogen and oxygen atoms in total. The van der Waals surface area contributed by atoms with Gasteiger partial charge >= 0.3 is 0 Å². The van der Waals surface area contributed by atoms with E-state index in [9.17, 15) is 8.60 Å². The van der Waals surface area contributed by atoms with Crippen LogP contribution in [0.25, 0.3) is 0 Å². The van der Waals surface area contributed by atoms with Crippen LogP contribution >= 0.6 is 24.0 Å². The number of halogens is 2. The van der Waals surface area contributed by atoms with Gasteiger partial charge in [-0.3, -0.25) is 9.20 Å². The van der Waals surface area contributed by atoms with Gasteiger partial charge in [0.1, 0.15) is 5.82 Å². The van der Waals surface area contributed by atoms with Crippen molar-refractivity contribution in [2.45, 2.75) is 30.9 Å². The van der Waals surface area contributed by atoms with Crippen LogP contribution in [0, 0.1) is 5.82 Å². The van der Waals surface area contributed by atoms with Crippen LogP contribution in [0.4, 0.5) is 4.39 Å². The van der Waals surface area contributed by atoms with E-state index in [2.05, 4.69) is 15.6 Å². The molecule has 2 aromatic carbocycles. The van der Waals surface area contributed by atoms with Gasteiger partial charge in [0.05, 0.1) is 6.54 Å². The highest BCUT2D eigenvalue weighted by Crippen LogP contribution is 2.49. The second kappa shape index (κ2) is 11.6. The zero-order valence-electron chi connectivity index (χ0n) is 16.7. The van der Waals surface area contributed by atoms with Gasteiger partial charge in [-0.1, -0.05) is 48.5 Å². The molecule has 0 saturated heterocycles. The van der Waals surface area contributed by atoms with Gasteiger partial charge in [0.25, 0.3) is 0 Å². The van der Waals surface area contributed by atoms with Gasteiger partial charge in [-0.2, -0.15) is 0 Å². The van der Waals surface area contributed by atoms with Crippen molar-refractivity contribution in [1.82, 2.24) is 10.6 Å². The Labute approximate surface area is 192 Å². The fourth-order valence-electron chi connectivity index (χ4n) is 3.24. The standard InChI is InChI=1S/C22H28FN3OS.HI/c1-2-24-21(25-14-15-28(27)16-18-8-4-3-5-9-18)26-17-22(12-13-22)19-10-6-7-11-20(19)23;/h3-11H,2,12-17H2,1H3,(H2,24,25,26);1H. The third-order valence-corrected chi connectivity index (χ3v) is 6.29. The first kappa shape index (κ1) is 23.8. The molecule has 0 radical (unpaired) electrons. The van der Waals surface area contributed by atoms with E-state index in [-0.39, 0.29) is 35.2 Å². The van der Waals surface area contributed by atoms with Crippen LogP contribution in [0.3, 0.4) is 0 Å². The summed E-state index contributed by atoms with van der Waals surface area (Å²) in [4.78, 5) is 4.67. The first-order valence-corrected chi connectivity index (χ1v) is 11.3. The summed E-state index contributed by atoms with van der Waals surface area (Å²) >= 11 is 0. The lowest BCUT2D eigenvalue weighted by Crippen LogP contribution is -2.39. The van der Waals surface area contributed by atoms with Gasteiger partial charge in [-0.05, 0) is 37.0 Å². The minimum Gasteiger partial charge on any atom is -0.357 e. The van der Waals surface area contributed by atoms with Crippen LogP contribution in [0.15, 0.2) is 59.6 Å². The molecule has 1 unspecified atom stereocenters. The molecule has 1 atom stereocenters. The summed E-state index contributed by atoms with van der Waals surface area (Å²) in [6.45, 7) is 3.88. The highest BCUT2D eigenvalue weighted by atomic mass is 127. The topological polar surface area (TPSA) is 53.5 Å². The van der Waals surface area contributed by atoms with Crippen molar-refractivity contribution in [3.63, 3.8) is 0 Å². The van der Waals surface area contributed by atoms with Gasteiger partial charge in [0.15, 0.2) is 5.96 Å². The highest BCUT2D eigenvalue weighted by molar-refractivity contribution is 14.0. The predicted octanol–water partition coefficient (Wildman–Crippen LogP) is 3.98. The molecule has 3 rings (SSSR count). The average Bonchev–Trinajstić information content (AvgIpc) is 3.48. The molecule has 29 heavy (non-hydrogen) atoms. The number of hydrogen-bond acceptors (Lipinski definition) is 2. The zero-order chi connectivity index (χ0) is 19.8. The van der Waals surface area contributed by atoms with Gasteiger partial charge in [-0.15, -0.1) is 24.0 Å². The van der Waals surface area contributed by atoms with Crippen LogP contribution in [0.5, 0.6) is 0 Å². The van der Waals surface area contributed by atoms with Gasteiger partial charge in [0, 0.05) is 40.8 Å². The van der Waals surface area contributed by atoms with Crippen molar-refractivity contribution in [2.24, 2.45) is 4.99 Å². The minimum absolute atomic E-state index is 0. The van der Waals surface area contributed by atoms with Crippen LogP contribution in [0.1, 0.15) is 30.9 Å². The first-order chi connectivity index (χ1) is 13.6. The second-order valence-electron chi connectivity index (χ2n) is 7.16. The van der Waals surface area contributed by atoms with Crippen molar-refractivity contribution < 1.29 is 8.60 Å². The molecule has 0 bridgehead atoms. The van der Waals surface area contributed by atoms with E-state index >= 15 is 0 Å². The molecule has 0 amide bonds. The van der Waals surface area contributed by atoms with Crippen LogP contribution in [-0.4, -0.2) is 35.6 Å². The SMILES string of the molecule is CCNC(=NCC1(c2ccccc2F)CC1)NCCS(=O)Cc1ccccc1.I. The predicted molar refractivity (Wildman–Crippen MR) is 130 cm³/mol. The summed E-state index contributed by atoms with van der Waals surface area (Å²) < 4.78 is 26.4. The molecular formula is C22H29FIN3OS. The molecule has 1 aliphatic rings. The van der Waals surface area contributed by atoms with Gasteiger partial charge < -0.3 is 10.6 Å². The number of benzene rings is 2. The first-order valence-electron chi connectivity index (χ1n) is 9.79. The van der Waals surface area contributed by atoms with Crippen molar-refractivity contribution in [2.75, 3.05) is 25.4 Å². The van der Waals surface area contributed by atoms with E-state index in [1.165, 1.54) is 6.07 Å². The fourth-order valence-corrected chi connectivity index (χ4v) is 4.28. The maximum atomic E-state index is 14.2. The van der Waals surface area contributed by atoms with Crippen LogP contribution in [0.2, 0.25) is 0 Å². The van der Waals surface area contributed by atoms with Crippen molar-refractivity contribution in [3.8, 4) is 0 Å². The van der Waals surface area contributed by atoms with Gasteiger partial charge in [0.2, 0.25) is 0 Å². The van der Waals surface area contributed by atoms with E-state index in [4.69, 9.17) is 0 Å². The zero-order valence-corrected chi connectivity index (χ0v) is 19.8. The van der Waals surface area contributed by atoms with Gasteiger partial charge in [-0.25, -0.2) is 4.39 Å². The summed E-state index contributed by atoms with van der Waals surface area (Å²) in [6.07, 6.45) is 1.91. The molecular weight excluding hydrogens is 500 g/mol. The Balaban J connectivity index is 0.00000300. The quantitative estimate of drug-likeness (QED) is 0.294. The van der Waals surface area contributed by atoms with E-state index in [1.807, 2.05) is 49.4 Å². The summed E-state index contributed by atoms with van der Waals surface area (Å²) in [6, 6.07) is 16.9. The van der Waals surface area contributed by atoms with Crippen LogP contribution < -0.4 is 10.6 Å². The number of nitrogens with zero attached hydrogens (tertiary/aromatic N) is 1. The molecule has 2 aromatic rings. The molecule has 2 N–H and O–H groups in total. The second-order valence-corrected chi connectivity index (χ2v) is 8.73. The maximum Gasteiger partial charge on any atom is 0.191 e. The number of guanidine groups is 1. The van der Waals surface area contributed by atoms with Crippen molar-refractivity contribution in [1.29, 1.82) is 0 Å². The normalized spacial score (nSPS) is 15.9. The summed E-state index contributed by atoms with van der Waals surface area (Å²) in [5, 5.41) is 6.47. The summed E-state index contributed by atoms with van der Waals surface area (Å²) in [5.74, 6) is 1.66. The molecule has 7 heteroatoms. The highest BCUT2D eigenvalue weighted by Gasteiger charge is 2.45.